The van der Waals surface area contributed by atoms with Crippen LogP contribution in [-0.4, -0.2) is 0 Å². The monoisotopic (exact) mass is 237 g/mol. The predicted octanol–water partition coefficient (Wildman–Crippen LogP) is -5.39. The summed E-state index contributed by atoms with van der Waals surface area (Å²) in [6.07, 6.45) is 0. The minimum atomic E-state index is 0. The second kappa shape index (κ2) is 43.7. The summed E-state index contributed by atoms with van der Waals surface area (Å²) < 4.78 is 0. The Hall–Kier alpha value is 1.70. The van der Waals surface area contributed by atoms with E-state index in [1.54, 1.807) is 0 Å². The molecule has 0 rings (SSSR count). The van der Waals surface area contributed by atoms with Crippen molar-refractivity contribution < 1.29 is 66.6 Å². The molecule has 0 nitrogen and oxygen atoms in total. The van der Waals surface area contributed by atoms with Crippen LogP contribution in [0.2, 0.25) is 0 Å². The minimum Gasteiger partial charge on any atom is -1.00 e. The van der Waals surface area contributed by atoms with Gasteiger partial charge < -0.3 is 31.4 Å². The Morgan fingerprint density at radius 3 is 1.00 bits per heavy atom. The van der Waals surface area contributed by atoms with Gasteiger partial charge in [-0.15, -0.1) is 0 Å². The Bertz CT molecular complexity index is 7.61. The van der Waals surface area contributed by atoms with Gasteiger partial charge in [-0.25, -0.2) is 0 Å². The molecule has 5 heavy (non-hydrogen) atoms. The largest absolute Gasteiger partial charge is 3.00 e. The molecule has 0 bridgehead atoms. The Kier molecular flexibility index (Phi) is 261. The summed E-state index contributed by atoms with van der Waals surface area (Å²) in [7, 11) is 0. The molecule has 0 spiro atoms. The SMILES string of the molecule is [CH-]=C.[Ce+3].[Cl-].[Cl-]. The van der Waals surface area contributed by atoms with E-state index in [2.05, 4.69) is 13.2 Å². The van der Waals surface area contributed by atoms with Crippen molar-refractivity contribution >= 4 is 0 Å². The van der Waals surface area contributed by atoms with Crippen molar-refractivity contribution in [1.82, 2.24) is 0 Å². The van der Waals surface area contributed by atoms with Crippen LogP contribution < -0.4 is 24.8 Å². The first-order valence-electron chi connectivity index (χ1n) is 0.408. The van der Waals surface area contributed by atoms with E-state index in [1.807, 2.05) is 0 Å². The fourth-order valence-corrected chi connectivity index (χ4v) is 0. The van der Waals surface area contributed by atoms with Crippen LogP contribution in [0, 0.1) is 48.3 Å². The van der Waals surface area contributed by atoms with Crippen molar-refractivity contribution in [3.05, 3.63) is 13.2 Å². The van der Waals surface area contributed by atoms with E-state index >= 15 is 0 Å². The molecule has 0 N–H and O–H groups in total. The summed E-state index contributed by atoms with van der Waals surface area (Å²) >= 11 is 0. The van der Waals surface area contributed by atoms with Crippen LogP contribution in [0.15, 0.2) is 6.58 Å². The van der Waals surface area contributed by atoms with E-state index in [0.29, 0.717) is 0 Å². The Labute approximate surface area is 78.6 Å². The smallest absolute Gasteiger partial charge is 1.00 e. The van der Waals surface area contributed by atoms with Crippen LogP contribution in [0.4, 0.5) is 0 Å². The minimum absolute atomic E-state index is 0. The van der Waals surface area contributed by atoms with E-state index in [-0.39, 0.29) is 66.6 Å². The molecule has 0 aliphatic heterocycles. The molecular formula is C2H3CeCl2. The molecule has 29 valence electrons. The maximum atomic E-state index is 4.25. The van der Waals surface area contributed by atoms with Gasteiger partial charge in [0.25, 0.3) is 0 Å². The average molecular weight is 238 g/mol. The molecule has 0 aromatic heterocycles. The molecule has 0 heterocycles. The first-order chi connectivity index (χ1) is 1.00. The maximum absolute atomic E-state index is 4.25. The van der Waals surface area contributed by atoms with Crippen molar-refractivity contribution in [2.45, 2.75) is 0 Å². The molecule has 0 unspecified atom stereocenters. The predicted molar refractivity (Wildman–Crippen MR) is 9.93 cm³/mol. The third-order valence-electron chi connectivity index (χ3n) is 0. The molecule has 0 saturated heterocycles. The summed E-state index contributed by atoms with van der Waals surface area (Å²) in [5.74, 6) is 0. The fraction of sp³-hybridized carbons (Fsp3) is 0. The van der Waals surface area contributed by atoms with E-state index in [9.17, 15) is 0 Å². The second-order valence-electron chi connectivity index (χ2n) is 0. The molecule has 0 atom stereocenters. The van der Waals surface area contributed by atoms with Gasteiger partial charge >= 0.3 is 41.7 Å². The van der Waals surface area contributed by atoms with E-state index in [0.717, 1.165) is 0 Å². The first-order valence-corrected chi connectivity index (χ1v) is 0.408. The normalized spacial score (nSPS) is 0.800. The van der Waals surface area contributed by atoms with E-state index in [4.69, 9.17) is 0 Å². The maximum Gasteiger partial charge on any atom is 3.00 e. The van der Waals surface area contributed by atoms with Crippen molar-refractivity contribution in [2.75, 3.05) is 0 Å². The molecule has 0 aromatic carbocycles. The molecule has 0 saturated carbocycles. The summed E-state index contributed by atoms with van der Waals surface area (Å²) in [5, 5.41) is 0. The van der Waals surface area contributed by atoms with Crippen molar-refractivity contribution in [3.63, 3.8) is 0 Å². The van der Waals surface area contributed by atoms with Gasteiger partial charge in [0.05, 0.1) is 0 Å². The van der Waals surface area contributed by atoms with Gasteiger partial charge in [0.15, 0.2) is 0 Å². The van der Waals surface area contributed by atoms with Crippen molar-refractivity contribution in [1.29, 1.82) is 0 Å². The quantitative estimate of drug-likeness (QED) is 0.370. The molecule has 3 heteroatoms. The zero-order valence-electron chi connectivity index (χ0n) is 2.54. The van der Waals surface area contributed by atoms with Crippen LogP contribution in [0.25, 0.3) is 0 Å². The molecule has 0 fully saturated rings. The third kappa shape index (κ3) is 27.0. The molecule has 0 aliphatic rings. The van der Waals surface area contributed by atoms with Gasteiger partial charge in [-0.05, 0) is 0 Å². The van der Waals surface area contributed by atoms with Crippen LogP contribution in [0.5, 0.6) is 0 Å². The van der Waals surface area contributed by atoms with Crippen LogP contribution >= 0.6 is 0 Å². The van der Waals surface area contributed by atoms with Gasteiger partial charge in [0, 0.05) is 0 Å². The summed E-state index contributed by atoms with van der Waals surface area (Å²) in [6.45, 7) is 7.00. The van der Waals surface area contributed by atoms with Crippen LogP contribution in [0.3, 0.4) is 0 Å². The van der Waals surface area contributed by atoms with Crippen molar-refractivity contribution in [3.8, 4) is 0 Å². The second-order valence-corrected chi connectivity index (χ2v) is 0. The van der Waals surface area contributed by atoms with Gasteiger partial charge in [-0.2, -0.15) is 0 Å². The Balaban J connectivity index is -0.00000000167. The number of hydrogen-bond donors (Lipinski definition) is 0. The fourth-order valence-electron chi connectivity index (χ4n) is 0. The molecule has 1 radical (unpaired) electrons. The zero-order chi connectivity index (χ0) is 2.00. The summed E-state index contributed by atoms with van der Waals surface area (Å²) in [6, 6.07) is 0. The van der Waals surface area contributed by atoms with E-state index in [1.165, 1.54) is 0 Å². The van der Waals surface area contributed by atoms with Crippen molar-refractivity contribution in [2.24, 2.45) is 0 Å². The molecule has 0 aliphatic carbocycles. The Morgan fingerprint density at radius 2 is 1.00 bits per heavy atom. The van der Waals surface area contributed by atoms with Crippen LogP contribution in [-0.2, 0) is 0 Å². The van der Waals surface area contributed by atoms with Gasteiger partial charge in [-0.3, -0.25) is 6.58 Å². The topological polar surface area (TPSA) is 0 Å². The van der Waals surface area contributed by atoms with E-state index < -0.39 is 0 Å². The van der Waals surface area contributed by atoms with Gasteiger partial charge in [0.2, 0.25) is 0 Å². The van der Waals surface area contributed by atoms with Gasteiger partial charge in [-0.1, -0.05) is 0 Å². The summed E-state index contributed by atoms with van der Waals surface area (Å²) in [5.41, 5.74) is 0. The molecule has 0 aromatic rings. The zero-order valence-corrected chi connectivity index (χ0v) is 7.19. The average Bonchev–Trinajstić information content (AvgIpc) is 1.00. The summed E-state index contributed by atoms with van der Waals surface area (Å²) in [4.78, 5) is 0. The third-order valence-corrected chi connectivity index (χ3v) is 0. The molecule has 0 amide bonds. The number of hydrogen-bond acceptors (Lipinski definition) is 0. The number of halogens is 2. The Morgan fingerprint density at radius 1 is 1.00 bits per heavy atom. The molecular weight excluding hydrogens is 235 g/mol. The number of rotatable bonds is 0. The van der Waals surface area contributed by atoms with Crippen LogP contribution in [0.1, 0.15) is 0 Å². The standard InChI is InChI=1S/C2H3.Ce.2ClH/c1-2;;;/h1H,2H2;;2*1H/q-1;+3;;/p-2. The first kappa shape index (κ1) is 29.9. The van der Waals surface area contributed by atoms with Gasteiger partial charge in [0.1, 0.15) is 0 Å².